The van der Waals surface area contributed by atoms with Gasteiger partial charge in [0.05, 0.1) is 16.7 Å². The van der Waals surface area contributed by atoms with E-state index < -0.39 is 0 Å². The molecule has 0 spiro atoms. The summed E-state index contributed by atoms with van der Waals surface area (Å²) < 4.78 is 2.87. The standard InChI is InChI=1S/C18H25BrN4O/c1-5-22(6-2)16-9-7-15(8-10-16)20-17(24)11-12-23-14(4)18(19)13(3)21-23/h7-10H,5-6,11-12H2,1-4H3,(H,20,24). The number of benzene rings is 1. The number of rotatable bonds is 7. The first-order valence-corrected chi connectivity index (χ1v) is 9.09. The minimum atomic E-state index is -0.00531. The van der Waals surface area contributed by atoms with Gasteiger partial charge in [0.25, 0.3) is 0 Å². The maximum atomic E-state index is 12.1. The summed E-state index contributed by atoms with van der Waals surface area (Å²) in [5.74, 6) is -0.00531. The molecular formula is C18H25BrN4O. The largest absolute Gasteiger partial charge is 0.372 e. The molecule has 1 amide bonds. The van der Waals surface area contributed by atoms with Crippen LogP contribution in [0.2, 0.25) is 0 Å². The number of nitrogens with one attached hydrogen (secondary N) is 1. The van der Waals surface area contributed by atoms with Crippen LogP contribution >= 0.6 is 15.9 Å². The molecule has 0 atom stereocenters. The summed E-state index contributed by atoms with van der Waals surface area (Å²) in [7, 11) is 0. The van der Waals surface area contributed by atoms with Crippen LogP contribution in [-0.4, -0.2) is 28.8 Å². The van der Waals surface area contributed by atoms with Crippen molar-refractivity contribution < 1.29 is 4.79 Å². The predicted molar refractivity (Wildman–Crippen MR) is 103 cm³/mol. The Labute approximate surface area is 152 Å². The second-order valence-corrected chi connectivity index (χ2v) is 6.52. The monoisotopic (exact) mass is 392 g/mol. The van der Waals surface area contributed by atoms with E-state index in [2.05, 4.69) is 45.1 Å². The van der Waals surface area contributed by atoms with Gasteiger partial charge in [0.15, 0.2) is 0 Å². The predicted octanol–water partition coefficient (Wildman–Crippen LogP) is 4.14. The lowest BCUT2D eigenvalue weighted by molar-refractivity contribution is -0.116. The minimum absolute atomic E-state index is 0.00531. The first-order valence-electron chi connectivity index (χ1n) is 8.30. The van der Waals surface area contributed by atoms with E-state index in [-0.39, 0.29) is 5.91 Å². The highest BCUT2D eigenvalue weighted by molar-refractivity contribution is 9.10. The third-order valence-corrected chi connectivity index (χ3v) is 5.27. The van der Waals surface area contributed by atoms with Gasteiger partial charge in [-0.05, 0) is 67.9 Å². The highest BCUT2D eigenvalue weighted by atomic mass is 79.9. The number of nitrogens with zero attached hydrogens (tertiary/aromatic N) is 3. The number of carbonyl (C=O) groups excluding carboxylic acids is 1. The van der Waals surface area contributed by atoms with Gasteiger partial charge in [-0.15, -0.1) is 0 Å². The average Bonchev–Trinajstić information content (AvgIpc) is 2.82. The number of anilines is 2. The summed E-state index contributed by atoms with van der Waals surface area (Å²) >= 11 is 3.50. The first-order chi connectivity index (χ1) is 11.5. The van der Waals surface area contributed by atoms with Gasteiger partial charge >= 0.3 is 0 Å². The number of aromatic nitrogens is 2. The van der Waals surface area contributed by atoms with Crippen molar-refractivity contribution in [3.05, 3.63) is 40.1 Å². The molecule has 0 bridgehead atoms. The van der Waals surface area contributed by atoms with Crippen LogP contribution in [-0.2, 0) is 11.3 Å². The van der Waals surface area contributed by atoms with Crippen LogP contribution in [0.15, 0.2) is 28.7 Å². The fourth-order valence-corrected chi connectivity index (χ4v) is 2.95. The van der Waals surface area contributed by atoms with Crippen LogP contribution < -0.4 is 10.2 Å². The second-order valence-electron chi connectivity index (χ2n) is 5.73. The number of hydrogen-bond donors (Lipinski definition) is 1. The molecule has 1 aromatic carbocycles. The summed E-state index contributed by atoms with van der Waals surface area (Å²) in [5.41, 5.74) is 3.99. The highest BCUT2D eigenvalue weighted by Crippen LogP contribution is 2.20. The molecule has 0 aliphatic rings. The molecule has 5 nitrogen and oxygen atoms in total. The average molecular weight is 393 g/mol. The van der Waals surface area contributed by atoms with E-state index >= 15 is 0 Å². The Morgan fingerprint density at radius 1 is 1.21 bits per heavy atom. The third-order valence-electron chi connectivity index (χ3n) is 4.12. The van der Waals surface area contributed by atoms with Crippen LogP contribution in [0.5, 0.6) is 0 Å². The molecule has 0 aliphatic heterocycles. The SMILES string of the molecule is CCN(CC)c1ccc(NC(=O)CCn2nc(C)c(Br)c2C)cc1. The summed E-state index contributed by atoms with van der Waals surface area (Å²) in [6, 6.07) is 7.98. The molecule has 0 radical (unpaired) electrons. The van der Waals surface area contributed by atoms with Gasteiger partial charge in [-0.2, -0.15) is 5.10 Å². The fraction of sp³-hybridized carbons (Fsp3) is 0.444. The lowest BCUT2D eigenvalue weighted by atomic mass is 10.2. The molecule has 0 saturated heterocycles. The zero-order valence-corrected chi connectivity index (χ0v) is 16.4. The summed E-state index contributed by atoms with van der Waals surface area (Å²) in [5, 5.41) is 7.37. The van der Waals surface area contributed by atoms with Gasteiger partial charge in [-0.1, -0.05) is 0 Å². The quantitative estimate of drug-likeness (QED) is 0.769. The van der Waals surface area contributed by atoms with Crippen molar-refractivity contribution in [3.63, 3.8) is 0 Å². The van der Waals surface area contributed by atoms with Crippen molar-refractivity contribution in [1.82, 2.24) is 9.78 Å². The molecule has 130 valence electrons. The number of halogens is 1. The minimum Gasteiger partial charge on any atom is -0.372 e. The Morgan fingerprint density at radius 2 is 1.83 bits per heavy atom. The molecule has 1 N–H and O–H groups in total. The van der Waals surface area contributed by atoms with E-state index in [4.69, 9.17) is 0 Å². The van der Waals surface area contributed by atoms with Gasteiger partial charge in [-0.3, -0.25) is 9.48 Å². The Morgan fingerprint density at radius 3 is 2.33 bits per heavy atom. The van der Waals surface area contributed by atoms with Crippen LogP contribution in [0.3, 0.4) is 0 Å². The Balaban J connectivity index is 1.91. The first kappa shape index (κ1) is 18.5. The van der Waals surface area contributed by atoms with E-state index in [1.165, 1.54) is 5.69 Å². The lowest BCUT2D eigenvalue weighted by Crippen LogP contribution is -2.21. The lowest BCUT2D eigenvalue weighted by Gasteiger charge is -2.21. The van der Waals surface area contributed by atoms with Crippen LogP contribution in [0.25, 0.3) is 0 Å². The maximum absolute atomic E-state index is 12.1. The third kappa shape index (κ3) is 4.38. The summed E-state index contributed by atoms with van der Waals surface area (Å²) in [6.45, 7) is 10.7. The van der Waals surface area contributed by atoms with Crippen LogP contribution in [0.1, 0.15) is 31.7 Å². The molecule has 1 heterocycles. The fourth-order valence-electron chi connectivity index (χ4n) is 2.67. The molecule has 2 aromatic rings. The van der Waals surface area contributed by atoms with E-state index in [1.54, 1.807) is 0 Å². The number of amides is 1. The molecule has 2 rings (SSSR count). The second kappa shape index (κ2) is 8.33. The van der Waals surface area contributed by atoms with E-state index in [1.807, 2.05) is 42.8 Å². The van der Waals surface area contributed by atoms with Gasteiger partial charge < -0.3 is 10.2 Å². The normalized spacial score (nSPS) is 10.7. The molecule has 0 unspecified atom stereocenters. The summed E-state index contributed by atoms with van der Waals surface area (Å²) in [4.78, 5) is 14.4. The molecule has 0 fully saturated rings. The Bertz CT molecular complexity index is 690. The molecule has 0 saturated carbocycles. The van der Waals surface area contributed by atoms with Crippen molar-refractivity contribution in [3.8, 4) is 0 Å². The van der Waals surface area contributed by atoms with Crippen molar-refractivity contribution in [2.45, 2.75) is 40.7 Å². The molecule has 6 heteroatoms. The maximum Gasteiger partial charge on any atom is 0.226 e. The van der Waals surface area contributed by atoms with E-state index in [0.29, 0.717) is 13.0 Å². The van der Waals surface area contributed by atoms with Crippen LogP contribution in [0.4, 0.5) is 11.4 Å². The van der Waals surface area contributed by atoms with E-state index in [0.717, 1.165) is 34.6 Å². The number of hydrogen-bond acceptors (Lipinski definition) is 3. The number of carbonyl (C=O) groups is 1. The van der Waals surface area contributed by atoms with Crippen LogP contribution in [0, 0.1) is 13.8 Å². The molecule has 1 aromatic heterocycles. The molecular weight excluding hydrogens is 368 g/mol. The summed E-state index contributed by atoms with van der Waals surface area (Å²) in [6.07, 6.45) is 0.395. The molecule has 24 heavy (non-hydrogen) atoms. The Hall–Kier alpha value is -1.82. The van der Waals surface area contributed by atoms with Gasteiger partial charge in [0, 0.05) is 36.6 Å². The van der Waals surface area contributed by atoms with Crippen molar-refractivity contribution in [2.75, 3.05) is 23.3 Å². The number of aryl methyl sites for hydroxylation is 2. The highest BCUT2D eigenvalue weighted by Gasteiger charge is 2.10. The van der Waals surface area contributed by atoms with Gasteiger partial charge in [0.2, 0.25) is 5.91 Å². The van der Waals surface area contributed by atoms with Crippen molar-refractivity contribution in [2.24, 2.45) is 0 Å². The topological polar surface area (TPSA) is 50.2 Å². The smallest absolute Gasteiger partial charge is 0.226 e. The van der Waals surface area contributed by atoms with E-state index in [9.17, 15) is 4.79 Å². The zero-order chi connectivity index (χ0) is 17.7. The van der Waals surface area contributed by atoms with Gasteiger partial charge in [0.1, 0.15) is 0 Å². The van der Waals surface area contributed by atoms with Crippen molar-refractivity contribution >= 4 is 33.2 Å². The molecule has 0 aliphatic carbocycles. The van der Waals surface area contributed by atoms with Crippen molar-refractivity contribution in [1.29, 1.82) is 0 Å². The zero-order valence-electron chi connectivity index (χ0n) is 14.8. The van der Waals surface area contributed by atoms with Gasteiger partial charge in [-0.25, -0.2) is 0 Å². The Kier molecular flexibility index (Phi) is 6.43.